The van der Waals surface area contributed by atoms with Crippen LogP contribution in [0.25, 0.3) is 10.2 Å². The van der Waals surface area contributed by atoms with E-state index < -0.39 is 0 Å². The lowest BCUT2D eigenvalue weighted by Gasteiger charge is -2.02. The minimum atomic E-state index is -0.110. The van der Waals surface area contributed by atoms with Crippen molar-refractivity contribution in [2.24, 2.45) is 7.05 Å². The van der Waals surface area contributed by atoms with Gasteiger partial charge in [-0.25, -0.2) is 4.98 Å². The number of fused-ring (bicyclic) bond motifs is 1. The molecule has 20 heavy (non-hydrogen) atoms. The first kappa shape index (κ1) is 12.9. The first-order valence-electron chi connectivity index (χ1n) is 6.15. The highest BCUT2D eigenvalue weighted by Crippen LogP contribution is 2.25. The molecule has 3 rings (SSSR count). The van der Waals surface area contributed by atoms with Crippen LogP contribution in [0.2, 0.25) is 0 Å². The van der Waals surface area contributed by atoms with Crippen molar-refractivity contribution in [3.05, 3.63) is 39.0 Å². The lowest BCUT2D eigenvalue weighted by molar-refractivity contribution is 0.296. The zero-order chi connectivity index (χ0) is 14.3. The predicted octanol–water partition coefficient (Wildman–Crippen LogP) is 1.91. The van der Waals surface area contributed by atoms with Gasteiger partial charge in [-0.05, 0) is 19.4 Å². The molecule has 1 N–H and O–H groups in total. The van der Waals surface area contributed by atoms with Crippen LogP contribution in [0.3, 0.4) is 0 Å². The lowest BCUT2D eigenvalue weighted by Crippen LogP contribution is -2.13. The summed E-state index contributed by atoms with van der Waals surface area (Å²) in [5.74, 6) is 1.17. The smallest absolute Gasteiger partial charge is 0.260 e. The number of H-pyrrole nitrogens is 1. The fourth-order valence-corrected chi connectivity index (χ4v) is 3.04. The molecule has 0 spiro atoms. The molecule has 0 aliphatic heterocycles. The van der Waals surface area contributed by atoms with Gasteiger partial charge in [0, 0.05) is 11.9 Å². The minimum Gasteiger partial charge on any atom is -0.482 e. The summed E-state index contributed by atoms with van der Waals surface area (Å²) in [7, 11) is 1.82. The normalized spacial score (nSPS) is 11.2. The number of thiophene rings is 1. The molecule has 0 atom stereocenters. The second-order valence-corrected chi connectivity index (χ2v) is 5.82. The third-order valence-electron chi connectivity index (χ3n) is 3.14. The van der Waals surface area contributed by atoms with Crippen LogP contribution in [-0.4, -0.2) is 19.7 Å². The van der Waals surface area contributed by atoms with Crippen LogP contribution >= 0.6 is 11.3 Å². The zero-order valence-corrected chi connectivity index (χ0v) is 12.2. The molecule has 0 amide bonds. The SMILES string of the molecule is Cc1sc2nc(COc3cnn(C)c3)[nH]c(=O)c2c1C. The molecule has 7 heteroatoms. The monoisotopic (exact) mass is 290 g/mol. The van der Waals surface area contributed by atoms with Crippen LogP contribution in [0.15, 0.2) is 17.2 Å². The van der Waals surface area contributed by atoms with E-state index >= 15 is 0 Å². The van der Waals surface area contributed by atoms with Gasteiger partial charge in [-0.1, -0.05) is 0 Å². The van der Waals surface area contributed by atoms with Gasteiger partial charge in [0.1, 0.15) is 17.3 Å². The zero-order valence-electron chi connectivity index (χ0n) is 11.4. The number of aromatic nitrogens is 4. The largest absolute Gasteiger partial charge is 0.482 e. The maximum Gasteiger partial charge on any atom is 0.260 e. The van der Waals surface area contributed by atoms with E-state index in [1.165, 1.54) is 11.3 Å². The van der Waals surface area contributed by atoms with Crippen LogP contribution in [0.1, 0.15) is 16.3 Å². The van der Waals surface area contributed by atoms with E-state index in [1.807, 2.05) is 20.9 Å². The number of aromatic amines is 1. The summed E-state index contributed by atoms with van der Waals surface area (Å²) in [6, 6.07) is 0. The van der Waals surface area contributed by atoms with Crippen molar-refractivity contribution in [1.82, 2.24) is 19.7 Å². The Morgan fingerprint density at radius 1 is 1.45 bits per heavy atom. The number of aryl methyl sites for hydroxylation is 3. The Morgan fingerprint density at radius 2 is 2.25 bits per heavy atom. The Kier molecular flexibility index (Phi) is 3.06. The summed E-state index contributed by atoms with van der Waals surface area (Å²) in [6.07, 6.45) is 3.38. The second kappa shape index (κ2) is 4.75. The maximum atomic E-state index is 12.1. The van der Waals surface area contributed by atoms with Crippen molar-refractivity contribution < 1.29 is 4.74 Å². The number of hydrogen-bond acceptors (Lipinski definition) is 5. The number of rotatable bonds is 3. The molecule has 0 aliphatic carbocycles. The van der Waals surface area contributed by atoms with E-state index in [1.54, 1.807) is 17.1 Å². The molecule has 3 aromatic rings. The Balaban J connectivity index is 1.91. The van der Waals surface area contributed by atoms with Gasteiger partial charge >= 0.3 is 0 Å². The lowest BCUT2D eigenvalue weighted by atomic mass is 10.2. The summed E-state index contributed by atoms with van der Waals surface area (Å²) in [5, 5.41) is 4.69. The van der Waals surface area contributed by atoms with E-state index in [2.05, 4.69) is 15.1 Å². The summed E-state index contributed by atoms with van der Waals surface area (Å²) >= 11 is 1.53. The minimum absolute atomic E-state index is 0.110. The summed E-state index contributed by atoms with van der Waals surface area (Å²) in [6.45, 7) is 4.15. The first-order valence-corrected chi connectivity index (χ1v) is 6.96. The quantitative estimate of drug-likeness (QED) is 0.799. The fraction of sp³-hybridized carbons (Fsp3) is 0.308. The second-order valence-electron chi connectivity index (χ2n) is 4.61. The van der Waals surface area contributed by atoms with E-state index in [-0.39, 0.29) is 12.2 Å². The third-order valence-corrected chi connectivity index (χ3v) is 4.25. The van der Waals surface area contributed by atoms with E-state index in [4.69, 9.17) is 4.74 Å². The molecule has 6 nitrogen and oxygen atoms in total. The van der Waals surface area contributed by atoms with Crippen LogP contribution in [0, 0.1) is 13.8 Å². The van der Waals surface area contributed by atoms with Crippen LogP contribution in [-0.2, 0) is 13.7 Å². The first-order chi connectivity index (χ1) is 9.54. The van der Waals surface area contributed by atoms with Gasteiger partial charge in [0.05, 0.1) is 17.8 Å². The van der Waals surface area contributed by atoms with Crippen molar-refractivity contribution in [2.75, 3.05) is 0 Å². The van der Waals surface area contributed by atoms with E-state index in [9.17, 15) is 4.79 Å². The number of nitrogens with one attached hydrogen (secondary N) is 1. The Morgan fingerprint density at radius 3 is 2.95 bits per heavy atom. The molecule has 0 saturated heterocycles. The summed E-state index contributed by atoms with van der Waals surface area (Å²) in [4.78, 5) is 21.2. The van der Waals surface area contributed by atoms with Crippen molar-refractivity contribution in [2.45, 2.75) is 20.5 Å². The maximum absolute atomic E-state index is 12.1. The van der Waals surface area contributed by atoms with Gasteiger partial charge in [-0.15, -0.1) is 11.3 Å². The molecule has 0 unspecified atom stereocenters. The molecule has 3 heterocycles. The van der Waals surface area contributed by atoms with Gasteiger partial charge in [0.2, 0.25) is 0 Å². The average molecular weight is 290 g/mol. The van der Waals surface area contributed by atoms with E-state index in [0.717, 1.165) is 15.3 Å². The highest BCUT2D eigenvalue weighted by Gasteiger charge is 2.12. The van der Waals surface area contributed by atoms with Gasteiger partial charge < -0.3 is 9.72 Å². The third kappa shape index (κ3) is 2.20. The molecule has 104 valence electrons. The molecule has 0 fully saturated rings. The van der Waals surface area contributed by atoms with E-state index in [0.29, 0.717) is 17.0 Å². The van der Waals surface area contributed by atoms with Gasteiger partial charge in [-0.3, -0.25) is 9.48 Å². The van der Waals surface area contributed by atoms with Crippen molar-refractivity contribution in [3.8, 4) is 5.75 Å². The number of hydrogen-bond donors (Lipinski definition) is 1. The highest BCUT2D eigenvalue weighted by atomic mass is 32.1. The van der Waals surface area contributed by atoms with Crippen molar-refractivity contribution in [3.63, 3.8) is 0 Å². The Bertz CT molecular complexity index is 831. The molecule has 0 saturated carbocycles. The standard InChI is InChI=1S/C13H14N4O2S/c1-7-8(2)20-13-11(7)12(18)15-10(16-13)6-19-9-4-14-17(3)5-9/h4-5H,6H2,1-3H3,(H,15,16,18). The van der Waals surface area contributed by atoms with Crippen LogP contribution in [0.5, 0.6) is 5.75 Å². The summed E-state index contributed by atoms with van der Waals surface area (Å²) in [5.41, 5.74) is 0.889. The predicted molar refractivity (Wildman–Crippen MR) is 77.3 cm³/mol. The van der Waals surface area contributed by atoms with Crippen molar-refractivity contribution in [1.29, 1.82) is 0 Å². The van der Waals surface area contributed by atoms with Crippen molar-refractivity contribution >= 4 is 21.6 Å². The fourth-order valence-electron chi connectivity index (χ4n) is 1.99. The van der Waals surface area contributed by atoms with Gasteiger partial charge in [0.25, 0.3) is 5.56 Å². The molecular weight excluding hydrogens is 276 g/mol. The van der Waals surface area contributed by atoms with Gasteiger partial charge in [-0.2, -0.15) is 5.10 Å². The van der Waals surface area contributed by atoms with Gasteiger partial charge in [0.15, 0.2) is 5.75 Å². The number of ether oxygens (including phenoxy) is 1. The molecule has 0 aromatic carbocycles. The molecule has 0 bridgehead atoms. The highest BCUT2D eigenvalue weighted by molar-refractivity contribution is 7.18. The number of nitrogens with zero attached hydrogens (tertiary/aromatic N) is 3. The average Bonchev–Trinajstić information content (AvgIpc) is 2.92. The summed E-state index contributed by atoms with van der Waals surface area (Å²) < 4.78 is 7.20. The molecular formula is C13H14N4O2S. The topological polar surface area (TPSA) is 72.8 Å². The Labute approximate surface area is 119 Å². The van der Waals surface area contributed by atoms with Crippen LogP contribution in [0.4, 0.5) is 0 Å². The molecule has 0 radical (unpaired) electrons. The Hall–Kier alpha value is -2.15. The molecule has 0 aliphatic rings. The molecule has 3 aromatic heterocycles. The van der Waals surface area contributed by atoms with Crippen LogP contribution < -0.4 is 10.3 Å².